The van der Waals surface area contributed by atoms with Crippen molar-refractivity contribution in [2.24, 2.45) is 5.92 Å². The largest absolute Gasteiger partial charge is 0.507 e. The van der Waals surface area contributed by atoms with E-state index in [1.807, 2.05) is 13.8 Å². The van der Waals surface area contributed by atoms with Crippen molar-refractivity contribution < 1.29 is 19.8 Å². The molecule has 0 fully saturated rings. The number of halogens is 1. The van der Waals surface area contributed by atoms with Crippen LogP contribution in [0.5, 0.6) is 5.75 Å². The van der Waals surface area contributed by atoms with Crippen LogP contribution >= 0.6 is 15.9 Å². The Balaban J connectivity index is 2.81. The van der Waals surface area contributed by atoms with Gasteiger partial charge in [0.25, 0.3) is 5.91 Å². The van der Waals surface area contributed by atoms with Gasteiger partial charge in [0.2, 0.25) is 0 Å². The van der Waals surface area contributed by atoms with Crippen LogP contribution < -0.4 is 5.32 Å². The summed E-state index contributed by atoms with van der Waals surface area (Å²) in [5, 5.41) is 21.0. The second-order valence-corrected chi connectivity index (χ2v) is 5.51. The third-order valence-corrected chi connectivity index (χ3v) is 3.19. The van der Waals surface area contributed by atoms with Crippen LogP contribution in [-0.4, -0.2) is 28.1 Å². The summed E-state index contributed by atoms with van der Waals surface area (Å²) < 4.78 is 0.473. The van der Waals surface area contributed by atoms with E-state index in [9.17, 15) is 14.7 Å². The molecule has 0 saturated carbocycles. The maximum absolute atomic E-state index is 11.9. The first-order valence-electron chi connectivity index (χ1n) is 5.83. The second kappa shape index (κ2) is 6.56. The van der Waals surface area contributed by atoms with Gasteiger partial charge in [0.05, 0.1) is 4.47 Å². The summed E-state index contributed by atoms with van der Waals surface area (Å²) in [4.78, 5) is 23.0. The molecule has 1 amide bonds. The number of hydrogen-bond acceptors (Lipinski definition) is 3. The van der Waals surface area contributed by atoms with Gasteiger partial charge in [0, 0.05) is 5.56 Å². The first kappa shape index (κ1) is 15.5. The van der Waals surface area contributed by atoms with Gasteiger partial charge in [-0.3, -0.25) is 4.79 Å². The van der Waals surface area contributed by atoms with E-state index in [0.717, 1.165) is 0 Å². The van der Waals surface area contributed by atoms with Gasteiger partial charge in [0.1, 0.15) is 11.8 Å². The van der Waals surface area contributed by atoms with Gasteiger partial charge in [-0.2, -0.15) is 0 Å². The van der Waals surface area contributed by atoms with Gasteiger partial charge in [-0.15, -0.1) is 0 Å². The normalized spacial score (nSPS) is 12.2. The van der Waals surface area contributed by atoms with Crippen molar-refractivity contribution in [3.8, 4) is 5.75 Å². The molecule has 0 radical (unpaired) electrons. The summed E-state index contributed by atoms with van der Waals surface area (Å²) in [6.07, 6.45) is 0.351. The van der Waals surface area contributed by atoms with Crippen LogP contribution in [0.2, 0.25) is 0 Å². The third kappa shape index (κ3) is 4.55. The molecule has 0 aromatic heterocycles. The number of aliphatic carboxylic acids is 1. The van der Waals surface area contributed by atoms with Crippen LogP contribution in [0.4, 0.5) is 0 Å². The van der Waals surface area contributed by atoms with Crippen molar-refractivity contribution in [1.82, 2.24) is 5.32 Å². The van der Waals surface area contributed by atoms with Crippen LogP contribution in [-0.2, 0) is 4.79 Å². The second-order valence-electron chi connectivity index (χ2n) is 4.66. The predicted molar refractivity (Wildman–Crippen MR) is 74.2 cm³/mol. The Morgan fingerprint density at radius 2 is 2.00 bits per heavy atom. The summed E-state index contributed by atoms with van der Waals surface area (Å²) >= 11 is 3.11. The summed E-state index contributed by atoms with van der Waals surface area (Å²) in [5.41, 5.74) is 0.218. The number of carboxylic acids is 1. The van der Waals surface area contributed by atoms with Gasteiger partial charge in [-0.25, -0.2) is 4.79 Å². The third-order valence-electron chi connectivity index (χ3n) is 2.52. The van der Waals surface area contributed by atoms with Crippen molar-refractivity contribution in [2.75, 3.05) is 0 Å². The van der Waals surface area contributed by atoms with E-state index < -0.39 is 17.9 Å². The quantitative estimate of drug-likeness (QED) is 0.774. The lowest BCUT2D eigenvalue weighted by molar-refractivity contribution is -0.139. The summed E-state index contributed by atoms with van der Waals surface area (Å²) in [7, 11) is 0. The van der Waals surface area contributed by atoms with E-state index in [1.54, 1.807) is 0 Å². The minimum Gasteiger partial charge on any atom is -0.507 e. The number of hydrogen-bond donors (Lipinski definition) is 3. The molecule has 6 heteroatoms. The van der Waals surface area contributed by atoms with Crippen LogP contribution in [0.3, 0.4) is 0 Å². The Morgan fingerprint density at radius 1 is 1.37 bits per heavy atom. The van der Waals surface area contributed by atoms with Gasteiger partial charge in [-0.05, 0) is 46.5 Å². The molecular formula is C13H16BrNO4. The molecule has 0 bridgehead atoms. The van der Waals surface area contributed by atoms with Crippen molar-refractivity contribution in [3.63, 3.8) is 0 Å². The van der Waals surface area contributed by atoms with E-state index in [0.29, 0.717) is 10.9 Å². The zero-order valence-corrected chi connectivity index (χ0v) is 12.3. The Morgan fingerprint density at radius 3 is 2.47 bits per heavy atom. The number of amides is 1. The number of carboxylic acid groups (broad SMARTS) is 1. The zero-order valence-electron chi connectivity index (χ0n) is 10.7. The highest BCUT2D eigenvalue weighted by Crippen LogP contribution is 2.24. The number of benzene rings is 1. The summed E-state index contributed by atoms with van der Waals surface area (Å²) in [6.45, 7) is 3.76. The molecule has 104 valence electrons. The first-order chi connectivity index (χ1) is 8.81. The maximum atomic E-state index is 11.9. The van der Waals surface area contributed by atoms with Crippen LogP contribution in [0.1, 0.15) is 30.6 Å². The minimum atomic E-state index is -1.07. The summed E-state index contributed by atoms with van der Waals surface area (Å²) in [6, 6.07) is 3.39. The molecule has 0 aliphatic rings. The predicted octanol–water partition coefficient (Wildman–Crippen LogP) is 2.38. The molecule has 0 spiro atoms. The highest BCUT2D eigenvalue weighted by atomic mass is 79.9. The Kier molecular flexibility index (Phi) is 5.35. The highest BCUT2D eigenvalue weighted by molar-refractivity contribution is 9.10. The zero-order chi connectivity index (χ0) is 14.6. The van der Waals surface area contributed by atoms with Crippen LogP contribution in [0.25, 0.3) is 0 Å². The topological polar surface area (TPSA) is 86.6 Å². The van der Waals surface area contributed by atoms with Gasteiger partial charge in [-0.1, -0.05) is 13.8 Å². The van der Waals surface area contributed by atoms with E-state index in [4.69, 9.17) is 5.11 Å². The Labute approximate surface area is 119 Å². The molecule has 19 heavy (non-hydrogen) atoms. The molecule has 1 rings (SSSR count). The average Bonchev–Trinajstić information content (AvgIpc) is 2.31. The lowest BCUT2D eigenvalue weighted by Crippen LogP contribution is -2.41. The van der Waals surface area contributed by atoms with Crippen molar-refractivity contribution in [1.29, 1.82) is 0 Å². The van der Waals surface area contributed by atoms with Crippen molar-refractivity contribution in [3.05, 3.63) is 28.2 Å². The fourth-order valence-corrected chi connectivity index (χ4v) is 1.83. The highest BCUT2D eigenvalue weighted by Gasteiger charge is 2.21. The molecular weight excluding hydrogens is 314 g/mol. The Bertz CT molecular complexity index is 488. The van der Waals surface area contributed by atoms with Crippen LogP contribution in [0.15, 0.2) is 22.7 Å². The van der Waals surface area contributed by atoms with Crippen molar-refractivity contribution in [2.45, 2.75) is 26.3 Å². The minimum absolute atomic E-state index is 0.0663. The molecule has 1 atom stereocenters. The number of rotatable bonds is 5. The molecule has 0 aliphatic heterocycles. The number of phenols is 1. The van der Waals surface area contributed by atoms with E-state index >= 15 is 0 Å². The van der Waals surface area contributed by atoms with Crippen molar-refractivity contribution >= 4 is 27.8 Å². The van der Waals surface area contributed by atoms with Gasteiger partial charge in [0.15, 0.2) is 0 Å². The number of carbonyl (C=O) groups excluding carboxylic acids is 1. The molecule has 3 N–H and O–H groups in total. The summed E-state index contributed by atoms with van der Waals surface area (Å²) in [5.74, 6) is -1.50. The molecule has 0 saturated heterocycles. The Hall–Kier alpha value is -1.56. The number of phenolic OH excluding ortho intramolecular Hbond substituents is 1. The molecule has 1 unspecified atom stereocenters. The number of carbonyl (C=O) groups is 2. The van der Waals surface area contributed by atoms with E-state index in [1.165, 1.54) is 18.2 Å². The lowest BCUT2D eigenvalue weighted by Gasteiger charge is -2.16. The number of aromatic hydroxyl groups is 1. The van der Waals surface area contributed by atoms with Crippen LogP contribution in [0, 0.1) is 5.92 Å². The van der Waals surface area contributed by atoms with E-state index in [-0.39, 0.29) is 17.2 Å². The number of nitrogens with one attached hydrogen (secondary N) is 1. The van der Waals surface area contributed by atoms with E-state index in [2.05, 4.69) is 21.2 Å². The monoisotopic (exact) mass is 329 g/mol. The maximum Gasteiger partial charge on any atom is 0.326 e. The molecule has 1 aromatic rings. The average molecular weight is 330 g/mol. The molecule has 1 aromatic carbocycles. The molecule has 5 nitrogen and oxygen atoms in total. The molecule has 0 aliphatic carbocycles. The fourth-order valence-electron chi connectivity index (χ4n) is 1.59. The standard InChI is InChI=1S/C13H16BrNO4/c1-7(2)5-10(13(18)19)15-12(17)8-3-4-9(14)11(16)6-8/h3-4,6-7,10,16H,5H2,1-2H3,(H,15,17)(H,18,19). The molecule has 0 heterocycles. The van der Waals surface area contributed by atoms with Gasteiger partial charge < -0.3 is 15.5 Å². The lowest BCUT2D eigenvalue weighted by atomic mass is 10.0. The SMILES string of the molecule is CC(C)CC(NC(=O)c1ccc(Br)c(O)c1)C(=O)O. The smallest absolute Gasteiger partial charge is 0.326 e. The first-order valence-corrected chi connectivity index (χ1v) is 6.62. The van der Waals surface area contributed by atoms with Gasteiger partial charge >= 0.3 is 5.97 Å². The fraction of sp³-hybridized carbons (Fsp3) is 0.385.